The Morgan fingerprint density at radius 3 is 2.33 bits per heavy atom. The summed E-state index contributed by atoms with van der Waals surface area (Å²) in [6.45, 7) is 1.39. The van der Waals surface area contributed by atoms with Gasteiger partial charge < -0.3 is 5.32 Å². The highest BCUT2D eigenvalue weighted by Crippen LogP contribution is 2.30. The first-order valence-corrected chi connectivity index (χ1v) is 7.44. The number of benzene rings is 2. The molecule has 2 rings (SSSR count). The number of rotatable bonds is 2. The molecule has 0 saturated carbocycles. The van der Waals surface area contributed by atoms with E-state index in [2.05, 4.69) is 5.32 Å². The monoisotopic (exact) mass is 283 g/mol. The maximum Gasteiger partial charge on any atom is 0.261 e. The van der Waals surface area contributed by atoms with Gasteiger partial charge in [-0.1, -0.05) is 24.3 Å². The number of hydrogen-bond acceptors (Lipinski definition) is 3. The van der Waals surface area contributed by atoms with Crippen LogP contribution in [0.5, 0.6) is 0 Å². The average Bonchev–Trinajstić information content (AvgIpc) is 2.26. The van der Waals surface area contributed by atoms with Crippen LogP contribution in [0.4, 0.5) is 5.69 Å². The summed E-state index contributed by atoms with van der Waals surface area (Å²) < 4.78 is 22.9. The molecule has 0 aliphatic heterocycles. The van der Waals surface area contributed by atoms with Crippen LogP contribution in [0.3, 0.4) is 0 Å². The SMILES string of the molecule is CC(=O)Nc1cccc2c(S(=O)(=O)Cl)cccc12. The summed E-state index contributed by atoms with van der Waals surface area (Å²) in [4.78, 5) is 11.1. The quantitative estimate of drug-likeness (QED) is 0.862. The van der Waals surface area contributed by atoms with Crippen molar-refractivity contribution in [2.45, 2.75) is 11.8 Å². The fourth-order valence-electron chi connectivity index (χ4n) is 1.79. The number of amides is 1. The van der Waals surface area contributed by atoms with Crippen molar-refractivity contribution in [2.24, 2.45) is 0 Å². The second-order valence-electron chi connectivity index (χ2n) is 3.78. The van der Waals surface area contributed by atoms with Crippen molar-refractivity contribution >= 4 is 42.1 Å². The minimum atomic E-state index is -3.82. The summed E-state index contributed by atoms with van der Waals surface area (Å²) >= 11 is 0. The smallest absolute Gasteiger partial charge is 0.261 e. The molecule has 0 aliphatic carbocycles. The molecule has 0 saturated heterocycles. The summed E-state index contributed by atoms with van der Waals surface area (Å²) in [7, 11) is 1.57. The van der Waals surface area contributed by atoms with Crippen LogP contribution in [0.1, 0.15) is 6.92 Å². The van der Waals surface area contributed by atoms with Gasteiger partial charge in [-0.3, -0.25) is 4.79 Å². The molecule has 2 aromatic rings. The van der Waals surface area contributed by atoms with Gasteiger partial charge in [0.2, 0.25) is 5.91 Å². The van der Waals surface area contributed by atoms with E-state index in [4.69, 9.17) is 10.7 Å². The van der Waals surface area contributed by atoms with Crippen LogP contribution in [-0.2, 0) is 13.8 Å². The highest BCUT2D eigenvalue weighted by atomic mass is 35.7. The Hall–Kier alpha value is -1.59. The molecule has 0 atom stereocenters. The normalized spacial score (nSPS) is 11.4. The third-order valence-electron chi connectivity index (χ3n) is 2.46. The summed E-state index contributed by atoms with van der Waals surface area (Å²) in [6, 6.07) is 9.76. The Balaban J connectivity index is 2.77. The molecule has 0 spiro atoms. The Morgan fingerprint density at radius 2 is 1.72 bits per heavy atom. The molecule has 0 fully saturated rings. The minimum absolute atomic E-state index is 0.0360. The molecule has 0 heterocycles. The molecular weight excluding hydrogens is 274 g/mol. The number of hydrogen-bond donors (Lipinski definition) is 1. The maximum atomic E-state index is 11.5. The molecule has 0 unspecified atom stereocenters. The van der Waals surface area contributed by atoms with E-state index in [1.165, 1.54) is 13.0 Å². The molecule has 0 radical (unpaired) electrons. The average molecular weight is 284 g/mol. The third kappa shape index (κ3) is 2.47. The van der Waals surface area contributed by atoms with Crippen LogP contribution >= 0.6 is 10.7 Å². The highest BCUT2D eigenvalue weighted by molar-refractivity contribution is 8.14. The van der Waals surface area contributed by atoms with Gasteiger partial charge in [0.1, 0.15) is 0 Å². The Kier molecular flexibility index (Phi) is 3.28. The van der Waals surface area contributed by atoms with Gasteiger partial charge in [-0.2, -0.15) is 0 Å². The van der Waals surface area contributed by atoms with Crippen LogP contribution in [0.15, 0.2) is 41.3 Å². The zero-order chi connectivity index (χ0) is 13.3. The standard InChI is InChI=1S/C12H10ClNO3S/c1-8(15)14-11-6-2-5-10-9(11)4-3-7-12(10)18(13,16)17/h2-7H,1H3,(H,14,15). The number of carbonyl (C=O) groups excluding carboxylic acids is 1. The predicted molar refractivity (Wildman–Crippen MR) is 71.3 cm³/mol. The lowest BCUT2D eigenvalue weighted by atomic mass is 10.1. The van der Waals surface area contributed by atoms with E-state index in [0.717, 1.165) is 0 Å². The number of carbonyl (C=O) groups is 1. The molecule has 6 heteroatoms. The molecule has 2 aromatic carbocycles. The lowest BCUT2D eigenvalue weighted by Gasteiger charge is -2.08. The summed E-state index contributed by atoms with van der Waals surface area (Å²) in [5.74, 6) is -0.221. The van der Waals surface area contributed by atoms with Crippen molar-refractivity contribution in [3.05, 3.63) is 36.4 Å². The molecule has 18 heavy (non-hydrogen) atoms. The van der Waals surface area contributed by atoms with E-state index in [1.54, 1.807) is 30.3 Å². The molecule has 1 amide bonds. The zero-order valence-corrected chi connectivity index (χ0v) is 11.0. The van der Waals surface area contributed by atoms with Crippen molar-refractivity contribution in [1.29, 1.82) is 0 Å². The number of fused-ring (bicyclic) bond motifs is 1. The fourth-order valence-corrected chi connectivity index (χ4v) is 2.88. The van der Waals surface area contributed by atoms with Crippen LogP contribution in [0.25, 0.3) is 10.8 Å². The Labute approximate surface area is 109 Å². The fraction of sp³-hybridized carbons (Fsp3) is 0.0833. The zero-order valence-electron chi connectivity index (χ0n) is 9.48. The summed E-state index contributed by atoms with van der Waals surface area (Å²) in [6.07, 6.45) is 0. The first kappa shape index (κ1) is 12.9. The summed E-state index contributed by atoms with van der Waals surface area (Å²) in [5.41, 5.74) is 0.558. The van der Waals surface area contributed by atoms with E-state index in [-0.39, 0.29) is 10.8 Å². The third-order valence-corrected chi connectivity index (χ3v) is 3.84. The topological polar surface area (TPSA) is 63.2 Å². The van der Waals surface area contributed by atoms with Crippen LogP contribution in [0, 0.1) is 0 Å². The first-order valence-electron chi connectivity index (χ1n) is 5.13. The molecule has 4 nitrogen and oxygen atoms in total. The van der Waals surface area contributed by atoms with Crippen molar-refractivity contribution in [2.75, 3.05) is 5.32 Å². The largest absolute Gasteiger partial charge is 0.326 e. The van der Waals surface area contributed by atoms with Crippen molar-refractivity contribution in [3.8, 4) is 0 Å². The lowest BCUT2D eigenvalue weighted by Crippen LogP contribution is -2.06. The predicted octanol–water partition coefficient (Wildman–Crippen LogP) is 2.73. The van der Waals surface area contributed by atoms with Gasteiger partial charge in [0.25, 0.3) is 9.05 Å². The molecular formula is C12H10ClNO3S. The molecule has 1 N–H and O–H groups in total. The Morgan fingerprint density at radius 1 is 1.11 bits per heavy atom. The van der Waals surface area contributed by atoms with E-state index in [9.17, 15) is 13.2 Å². The van der Waals surface area contributed by atoms with E-state index in [0.29, 0.717) is 16.5 Å². The van der Waals surface area contributed by atoms with E-state index < -0.39 is 9.05 Å². The second kappa shape index (κ2) is 4.59. The second-order valence-corrected chi connectivity index (χ2v) is 6.31. The van der Waals surface area contributed by atoms with Gasteiger partial charge in [0.05, 0.1) is 4.90 Å². The Bertz CT molecular complexity index is 725. The van der Waals surface area contributed by atoms with Crippen molar-refractivity contribution in [1.82, 2.24) is 0 Å². The van der Waals surface area contributed by atoms with Crippen LogP contribution in [-0.4, -0.2) is 14.3 Å². The first-order chi connectivity index (χ1) is 8.39. The molecule has 0 aliphatic rings. The summed E-state index contributed by atoms with van der Waals surface area (Å²) in [5, 5.41) is 3.77. The van der Waals surface area contributed by atoms with E-state index in [1.807, 2.05) is 0 Å². The molecule has 0 bridgehead atoms. The highest BCUT2D eigenvalue weighted by Gasteiger charge is 2.15. The number of halogens is 1. The van der Waals surface area contributed by atoms with Gasteiger partial charge in [0, 0.05) is 34.1 Å². The number of nitrogens with one attached hydrogen (secondary N) is 1. The maximum absolute atomic E-state index is 11.5. The van der Waals surface area contributed by atoms with Gasteiger partial charge in [-0.05, 0) is 12.1 Å². The van der Waals surface area contributed by atoms with Crippen LogP contribution < -0.4 is 5.32 Å². The van der Waals surface area contributed by atoms with Gasteiger partial charge in [0.15, 0.2) is 0 Å². The van der Waals surface area contributed by atoms with Crippen LogP contribution in [0.2, 0.25) is 0 Å². The van der Waals surface area contributed by atoms with Gasteiger partial charge in [-0.15, -0.1) is 0 Å². The van der Waals surface area contributed by atoms with E-state index >= 15 is 0 Å². The van der Waals surface area contributed by atoms with Crippen molar-refractivity contribution < 1.29 is 13.2 Å². The van der Waals surface area contributed by atoms with Gasteiger partial charge in [-0.25, -0.2) is 8.42 Å². The lowest BCUT2D eigenvalue weighted by molar-refractivity contribution is -0.114. The number of anilines is 1. The minimum Gasteiger partial charge on any atom is -0.326 e. The molecule has 0 aromatic heterocycles. The molecule has 94 valence electrons. The van der Waals surface area contributed by atoms with Crippen molar-refractivity contribution in [3.63, 3.8) is 0 Å². The van der Waals surface area contributed by atoms with Gasteiger partial charge >= 0.3 is 0 Å².